The van der Waals surface area contributed by atoms with Crippen LogP contribution in [-0.4, -0.2) is 46.9 Å². The van der Waals surface area contributed by atoms with E-state index in [1.807, 2.05) is 0 Å². The summed E-state index contributed by atoms with van der Waals surface area (Å²) in [4.78, 5) is 2.50. The van der Waals surface area contributed by atoms with Gasteiger partial charge in [-0.25, -0.2) is 0 Å². The van der Waals surface area contributed by atoms with E-state index in [-0.39, 0.29) is 0 Å². The molecule has 0 radical (unpaired) electrons. The summed E-state index contributed by atoms with van der Waals surface area (Å²) in [5, 5.41) is 8.28. The van der Waals surface area contributed by atoms with Crippen LogP contribution in [0.15, 0.2) is 6.07 Å². The monoisotopic (exact) mass is 294 g/mol. The zero-order valence-electron chi connectivity index (χ0n) is 14.7. The van der Waals surface area contributed by atoms with Gasteiger partial charge in [-0.3, -0.25) is 4.68 Å². The maximum absolute atomic E-state index is 4.57. The minimum absolute atomic E-state index is 0.547. The van der Waals surface area contributed by atoms with E-state index in [9.17, 15) is 0 Å². The third-order valence-corrected chi connectivity index (χ3v) is 4.22. The lowest BCUT2D eigenvalue weighted by Crippen LogP contribution is -2.36. The van der Waals surface area contributed by atoms with Crippen molar-refractivity contribution in [2.75, 3.05) is 26.2 Å². The van der Waals surface area contributed by atoms with E-state index < -0.39 is 0 Å². The van der Waals surface area contributed by atoms with Gasteiger partial charge in [0, 0.05) is 25.2 Å². The molecule has 1 unspecified atom stereocenters. The number of hydrogen-bond donors (Lipinski definition) is 1. The molecule has 1 aromatic heterocycles. The standard InChI is InChI=1S/C17H34N4/c1-6-11-18-16(10-12-21(8-3)9-4)14-17-13-15(7-2)19-20(17)5/h13,16,18H,6-12,14H2,1-5H3. The number of rotatable bonds is 11. The molecular formula is C17H34N4. The first-order chi connectivity index (χ1) is 10.1. The van der Waals surface area contributed by atoms with Gasteiger partial charge in [0.05, 0.1) is 5.69 Å². The summed E-state index contributed by atoms with van der Waals surface area (Å²) in [5.74, 6) is 0. The van der Waals surface area contributed by atoms with Crippen LogP contribution in [0.25, 0.3) is 0 Å². The molecule has 1 rings (SSSR count). The summed E-state index contributed by atoms with van der Waals surface area (Å²) < 4.78 is 2.05. The first kappa shape index (κ1) is 18.2. The van der Waals surface area contributed by atoms with E-state index >= 15 is 0 Å². The molecule has 1 heterocycles. The van der Waals surface area contributed by atoms with Crippen LogP contribution in [0.2, 0.25) is 0 Å². The van der Waals surface area contributed by atoms with Crippen molar-refractivity contribution >= 4 is 0 Å². The number of hydrogen-bond acceptors (Lipinski definition) is 3. The first-order valence-corrected chi connectivity index (χ1v) is 8.61. The molecule has 0 aromatic carbocycles. The molecule has 0 saturated heterocycles. The van der Waals surface area contributed by atoms with Gasteiger partial charge in [0.25, 0.3) is 0 Å². The van der Waals surface area contributed by atoms with Crippen molar-refractivity contribution in [3.05, 3.63) is 17.5 Å². The molecule has 21 heavy (non-hydrogen) atoms. The Balaban J connectivity index is 2.61. The second-order valence-corrected chi connectivity index (χ2v) is 5.77. The Labute approximate surface area is 130 Å². The zero-order valence-corrected chi connectivity index (χ0v) is 14.7. The molecule has 0 amide bonds. The predicted molar refractivity (Wildman–Crippen MR) is 90.8 cm³/mol. The zero-order chi connectivity index (χ0) is 15.7. The second-order valence-electron chi connectivity index (χ2n) is 5.77. The highest BCUT2D eigenvalue weighted by Crippen LogP contribution is 2.09. The van der Waals surface area contributed by atoms with Crippen molar-refractivity contribution in [1.82, 2.24) is 20.0 Å². The molecule has 0 aliphatic heterocycles. The Kier molecular flexibility index (Phi) is 8.62. The quantitative estimate of drug-likeness (QED) is 0.681. The fourth-order valence-electron chi connectivity index (χ4n) is 2.69. The van der Waals surface area contributed by atoms with Crippen LogP contribution in [-0.2, 0) is 19.9 Å². The normalized spacial score (nSPS) is 13.0. The highest BCUT2D eigenvalue weighted by atomic mass is 15.3. The number of aromatic nitrogens is 2. The summed E-state index contributed by atoms with van der Waals surface area (Å²) >= 11 is 0. The number of aryl methyl sites for hydroxylation is 2. The Morgan fingerprint density at radius 1 is 1.24 bits per heavy atom. The Hall–Kier alpha value is -0.870. The second kappa shape index (κ2) is 9.96. The van der Waals surface area contributed by atoms with Gasteiger partial charge in [0.15, 0.2) is 0 Å². The van der Waals surface area contributed by atoms with Crippen molar-refractivity contribution in [3.8, 4) is 0 Å². The molecule has 0 spiro atoms. The van der Waals surface area contributed by atoms with E-state index in [1.165, 1.54) is 30.8 Å². The summed E-state index contributed by atoms with van der Waals surface area (Å²) in [6.07, 6.45) is 4.48. The third-order valence-electron chi connectivity index (χ3n) is 4.22. The van der Waals surface area contributed by atoms with Crippen LogP contribution in [0.3, 0.4) is 0 Å². The summed E-state index contributed by atoms with van der Waals surface area (Å²) in [5.41, 5.74) is 2.55. The number of nitrogens with zero attached hydrogens (tertiary/aromatic N) is 3. The Morgan fingerprint density at radius 3 is 2.48 bits per heavy atom. The Bertz CT molecular complexity index is 382. The molecule has 0 fully saturated rings. The van der Waals surface area contributed by atoms with Crippen LogP contribution in [0.5, 0.6) is 0 Å². The maximum Gasteiger partial charge on any atom is 0.0624 e. The molecule has 0 aliphatic carbocycles. The lowest BCUT2D eigenvalue weighted by molar-refractivity contribution is 0.279. The van der Waals surface area contributed by atoms with Gasteiger partial charge in [-0.15, -0.1) is 0 Å². The summed E-state index contributed by atoms with van der Waals surface area (Å²) in [7, 11) is 2.07. The van der Waals surface area contributed by atoms with Gasteiger partial charge >= 0.3 is 0 Å². The lowest BCUT2D eigenvalue weighted by Gasteiger charge is -2.23. The van der Waals surface area contributed by atoms with E-state index in [4.69, 9.17) is 0 Å². The summed E-state index contributed by atoms with van der Waals surface area (Å²) in [6.45, 7) is 13.4. The van der Waals surface area contributed by atoms with Crippen molar-refractivity contribution in [3.63, 3.8) is 0 Å². The molecular weight excluding hydrogens is 260 g/mol. The van der Waals surface area contributed by atoms with Crippen LogP contribution in [0.1, 0.15) is 51.9 Å². The fourth-order valence-corrected chi connectivity index (χ4v) is 2.69. The summed E-state index contributed by atoms with van der Waals surface area (Å²) in [6, 6.07) is 2.81. The van der Waals surface area contributed by atoms with E-state index in [0.29, 0.717) is 6.04 Å². The minimum Gasteiger partial charge on any atom is -0.314 e. The fraction of sp³-hybridized carbons (Fsp3) is 0.824. The van der Waals surface area contributed by atoms with Crippen LogP contribution < -0.4 is 5.32 Å². The molecule has 0 saturated carbocycles. The molecule has 0 bridgehead atoms. The SMILES string of the molecule is CCCNC(CCN(CC)CC)Cc1cc(CC)nn1C. The molecule has 4 nitrogen and oxygen atoms in total. The van der Waals surface area contributed by atoms with Crippen molar-refractivity contribution in [2.24, 2.45) is 7.05 Å². The van der Waals surface area contributed by atoms with E-state index in [0.717, 1.165) is 32.5 Å². The van der Waals surface area contributed by atoms with Gasteiger partial charge in [-0.05, 0) is 51.5 Å². The third kappa shape index (κ3) is 6.18. The first-order valence-electron chi connectivity index (χ1n) is 8.61. The molecule has 122 valence electrons. The van der Waals surface area contributed by atoms with Gasteiger partial charge in [-0.2, -0.15) is 5.10 Å². The smallest absolute Gasteiger partial charge is 0.0624 e. The van der Waals surface area contributed by atoms with Crippen LogP contribution in [0, 0.1) is 0 Å². The molecule has 1 N–H and O–H groups in total. The van der Waals surface area contributed by atoms with E-state index in [2.05, 4.69) is 60.8 Å². The van der Waals surface area contributed by atoms with Crippen LogP contribution >= 0.6 is 0 Å². The molecule has 0 aliphatic rings. The lowest BCUT2D eigenvalue weighted by atomic mass is 10.1. The molecule has 1 atom stereocenters. The maximum atomic E-state index is 4.57. The van der Waals surface area contributed by atoms with Crippen molar-refractivity contribution in [1.29, 1.82) is 0 Å². The van der Waals surface area contributed by atoms with Crippen molar-refractivity contribution < 1.29 is 0 Å². The van der Waals surface area contributed by atoms with Gasteiger partial charge < -0.3 is 10.2 Å². The van der Waals surface area contributed by atoms with E-state index in [1.54, 1.807) is 0 Å². The highest BCUT2D eigenvalue weighted by molar-refractivity contribution is 5.11. The molecule has 1 aromatic rings. The van der Waals surface area contributed by atoms with Crippen molar-refractivity contribution in [2.45, 2.75) is 59.4 Å². The predicted octanol–water partition coefficient (Wildman–Crippen LogP) is 2.63. The highest BCUT2D eigenvalue weighted by Gasteiger charge is 2.13. The largest absolute Gasteiger partial charge is 0.314 e. The van der Waals surface area contributed by atoms with Gasteiger partial charge in [-0.1, -0.05) is 27.7 Å². The van der Waals surface area contributed by atoms with Crippen LogP contribution in [0.4, 0.5) is 0 Å². The molecule has 4 heteroatoms. The Morgan fingerprint density at radius 2 is 1.95 bits per heavy atom. The van der Waals surface area contributed by atoms with Gasteiger partial charge in [0.2, 0.25) is 0 Å². The average Bonchev–Trinajstić information content (AvgIpc) is 2.85. The average molecular weight is 294 g/mol. The minimum atomic E-state index is 0.547. The number of nitrogens with one attached hydrogen (secondary N) is 1. The topological polar surface area (TPSA) is 33.1 Å². The van der Waals surface area contributed by atoms with Gasteiger partial charge in [0.1, 0.15) is 0 Å².